The van der Waals surface area contributed by atoms with Crippen LogP contribution in [0.2, 0.25) is 0 Å². The summed E-state index contributed by atoms with van der Waals surface area (Å²) in [5.74, 6) is 0.793. The fourth-order valence-corrected chi connectivity index (χ4v) is 3.16. The van der Waals surface area contributed by atoms with Gasteiger partial charge in [-0.05, 0) is 23.8 Å². The predicted octanol–water partition coefficient (Wildman–Crippen LogP) is 4.67. The molecule has 0 amide bonds. The van der Waals surface area contributed by atoms with E-state index < -0.39 is 0 Å². The molecule has 0 N–H and O–H groups in total. The number of thioether (sulfide) groups is 1. The summed E-state index contributed by atoms with van der Waals surface area (Å²) in [4.78, 5) is 8.96. The second kappa shape index (κ2) is 5.22. The van der Waals surface area contributed by atoms with Crippen LogP contribution < -0.4 is 0 Å². The normalized spacial score (nSPS) is 11.2. The van der Waals surface area contributed by atoms with Gasteiger partial charge in [0.15, 0.2) is 5.58 Å². The molecule has 3 nitrogen and oxygen atoms in total. The lowest BCUT2D eigenvalue weighted by Crippen LogP contribution is -1.86. The Kier molecular flexibility index (Phi) is 3.09. The predicted molar refractivity (Wildman–Crippen MR) is 85.3 cm³/mol. The van der Waals surface area contributed by atoms with Crippen LogP contribution in [0.5, 0.6) is 0 Å². The summed E-state index contributed by atoms with van der Waals surface area (Å²) in [6.45, 7) is 0. The molecular weight excluding hydrogens is 280 g/mol. The van der Waals surface area contributed by atoms with Crippen LogP contribution in [0.15, 0.2) is 70.4 Å². The van der Waals surface area contributed by atoms with Crippen molar-refractivity contribution < 1.29 is 4.42 Å². The van der Waals surface area contributed by atoms with E-state index in [2.05, 4.69) is 34.2 Å². The average Bonchev–Trinajstić information content (AvgIpc) is 2.96. The van der Waals surface area contributed by atoms with E-state index in [0.29, 0.717) is 5.22 Å². The first-order valence-electron chi connectivity index (χ1n) is 6.71. The van der Waals surface area contributed by atoms with Gasteiger partial charge in [-0.1, -0.05) is 48.2 Å². The molecule has 4 rings (SSSR count). The zero-order valence-electron chi connectivity index (χ0n) is 11.2. The SMILES string of the molecule is c1cnc2c(CSc3nc4ccccc4o3)cccc2c1. The Hall–Kier alpha value is -2.33. The minimum Gasteiger partial charge on any atom is -0.431 e. The van der Waals surface area contributed by atoms with E-state index in [1.165, 1.54) is 5.56 Å². The number of nitrogens with zero attached hydrogens (tertiary/aromatic N) is 2. The molecule has 4 aromatic rings. The summed E-state index contributed by atoms with van der Waals surface area (Å²) < 4.78 is 5.73. The molecule has 0 aliphatic heterocycles. The Bertz CT molecular complexity index is 878. The van der Waals surface area contributed by atoms with E-state index in [1.807, 2.05) is 36.5 Å². The van der Waals surface area contributed by atoms with Crippen LogP contribution in [0.3, 0.4) is 0 Å². The Labute approximate surface area is 126 Å². The molecule has 0 aliphatic rings. The fraction of sp³-hybridized carbons (Fsp3) is 0.0588. The van der Waals surface area contributed by atoms with Crippen molar-refractivity contribution in [2.24, 2.45) is 0 Å². The second-order valence-corrected chi connectivity index (χ2v) is 5.66. The molecule has 0 atom stereocenters. The molecule has 0 bridgehead atoms. The summed E-state index contributed by atoms with van der Waals surface area (Å²) >= 11 is 1.60. The molecule has 0 unspecified atom stereocenters. The molecule has 2 aromatic carbocycles. The van der Waals surface area contributed by atoms with Crippen molar-refractivity contribution in [1.82, 2.24) is 9.97 Å². The molecule has 2 heterocycles. The Morgan fingerprint density at radius 2 is 1.86 bits per heavy atom. The topological polar surface area (TPSA) is 38.9 Å². The molecule has 102 valence electrons. The van der Waals surface area contributed by atoms with Crippen LogP contribution in [-0.2, 0) is 5.75 Å². The van der Waals surface area contributed by atoms with Gasteiger partial charge in [0.05, 0.1) is 5.52 Å². The highest BCUT2D eigenvalue weighted by molar-refractivity contribution is 7.98. The standard InChI is InChI=1S/C17H12N2OS/c1-2-9-15-14(8-1)19-17(20-15)21-11-13-6-3-5-12-7-4-10-18-16(12)13/h1-10H,11H2. The molecule has 0 fully saturated rings. The summed E-state index contributed by atoms with van der Waals surface area (Å²) in [6, 6.07) is 18.1. The van der Waals surface area contributed by atoms with Crippen molar-refractivity contribution in [2.45, 2.75) is 11.0 Å². The average molecular weight is 292 g/mol. The van der Waals surface area contributed by atoms with Crippen LogP contribution in [0.1, 0.15) is 5.56 Å². The molecule has 21 heavy (non-hydrogen) atoms. The number of rotatable bonds is 3. The summed E-state index contributed by atoms with van der Waals surface area (Å²) in [5.41, 5.74) is 3.97. The van der Waals surface area contributed by atoms with Gasteiger partial charge in [-0.2, -0.15) is 0 Å². The Balaban J connectivity index is 1.63. The van der Waals surface area contributed by atoms with Gasteiger partial charge in [-0.25, -0.2) is 4.98 Å². The maximum absolute atomic E-state index is 5.73. The quantitative estimate of drug-likeness (QED) is 0.514. The smallest absolute Gasteiger partial charge is 0.257 e. The number of para-hydroxylation sites is 3. The number of benzene rings is 2. The molecule has 0 spiro atoms. The van der Waals surface area contributed by atoms with Gasteiger partial charge < -0.3 is 4.42 Å². The molecule has 0 saturated heterocycles. The third-order valence-corrected chi connectivity index (χ3v) is 4.22. The van der Waals surface area contributed by atoms with E-state index >= 15 is 0 Å². The van der Waals surface area contributed by atoms with E-state index in [4.69, 9.17) is 4.42 Å². The maximum Gasteiger partial charge on any atom is 0.257 e. The number of aromatic nitrogens is 2. The van der Waals surface area contributed by atoms with Crippen molar-refractivity contribution in [3.05, 3.63) is 66.4 Å². The largest absolute Gasteiger partial charge is 0.431 e. The second-order valence-electron chi connectivity index (χ2n) is 4.73. The van der Waals surface area contributed by atoms with Gasteiger partial charge in [0.1, 0.15) is 5.52 Å². The third kappa shape index (κ3) is 2.38. The Morgan fingerprint density at radius 3 is 2.81 bits per heavy atom. The van der Waals surface area contributed by atoms with Crippen molar-refractivity contribution in [1.29, 1.82) is 0 Å². The third-order valence-electron chi connectivity index (χ3n) is 3.34. The highest BCUT2D eigenvalue weighted by atomic mass is 32.2. The number of pyridine rings is 1. The van der Waals surface area contributed by atoms with Crippen molar-refractivity contribution in [2.75, 3.05) is 0 Å². The van der Waals surface area contributed by atoms with E-state index in [0.717, 1.165) is 27.8 Å². The first-order chi connectivity index (χ1) is 10.4. The zero-order chi connectivity index (χ0) is 14.1. The summed E-state index contributed by atoms with van der Waals surface area (Å²) in [6.07, 6.45) is 1.83. The maximum atomic E-state index is 5.73. The summed E-state index contributed by atoms with van der Waals surface area (Å²) in [5, 5.41) is 1.86. The number of oxazole rings is 1. The van der Waals surface area contributed by atoms with Gasteiger partial charge in [0.2, 0.25) is 0 Å². The van der Waals surface area contributed by atoms with Crippen LogP contribution in [0.25, 0.3) is 22.0 Å². The van der Waals surface area contributed by atoms with Crippen LogP contribution in [0, 0.1) is 0 Å². The highest BCUT2D eigenvalue weighted by Gasteiger charge is 2.08. The minimum absolute atomic E-state index is 0.698. The van der Waals surface area contributed by atoms with Gasteiger partial charge in [-0.15, -0.1) is 0 Å². The fourth-order valence-electron chi connectivity index (χ4n) is 2.34. The van der Waals surface area contributed by atoms with Crippen LogP contribution in [0.4, 0.5) is 0 Å². The van der Waals surface area contributed by atoms with E-state index in [1.54, 1.807) is 11.8 Å². The molecule has 0 radical (unpaired) electrons. The zero-order valence-corrected chi connectivity index (χ0v) is 12.0. The van der Waals surface area contributed by atoms with Gasteiger partial charge in [0, 0.05) is 17.3 Å². The minimum atomic E-state index is 0.698. The lowest BCUT2D eigenvalue weighted by molar-refractivity contribution is 0.489. The highest BCUT2D eigenvalue weighted by Crippen LogP contribution is 2.28. The lowest BCUT2D eigenvalue weighted by Gasteiger charge is -2.03. The van der Waals surface area contributed by atoms with E-state index in [-0.39, 0.29) is 0 Å². The number of hydrogen-bond donors (Lipinski definition) is 0. The van der Waals surface area contributed by atoms with Crippen molar-refractivity contribution in [3.63, 3.8) is 0 Å². The van der Waals surface area contributed by atoms with Crippen LogP contribution >= 0.6 is 11.8 Å². The van der Waals surface area contributed by atoms with Gasteiger partial charge >= 0.3 is 0 Å². The first kappa shape index (κ1) is 12.4. The van der Waals surface area contributed by atoms with Crippen molar-refractivity contribution in [3.8, 4) is 0 Å². The van der Waals surface area contributed by atoms with E-state index in [9.17, 15) is 0 Å². The van der Waals surface area contributed by atoms with Crippen LogP contribution in [-0.4, -0.2) is 9.97 Å². The molecule has 0 aliphatic carbocycles. The number of fused-ring (bicyclic) bond motifs is 2. The number of hydrogen-bond acceptors (Lipinski definition) is 4. The monoisotopic (exact) mass is 292 g/mol. The Morgan fingerprint density at radius 1 is 0.952 bits per heavy atom. The first-order valence-corrected chi connectivity index (χ1v) is 7.70. The summed E-state index contributed by atoms with van der Waals surface area (Å²) in [7, 11) is 0. The molecule has 4 heteroatoms. The molecule has 0 saturated carbocycles. The molecular formula is C17H12N2OS. The van der Waals surface area contributed by atoms with Gasteiger partial charge in [-0.3, -0.25) is 4.98 Å². The van der Waals surface area contributed by atoms with Crippen molar-refractivity contribution >= 4 is 33.8 Å². The molecule has 2 aromatic heterocycles. The lowest BCUT2D eigenvalue weighted by atomic mass is 10.1. The van der Waals surface area contributed by atoms with Gasteiger partial charge in [0.25, 0.3) is 5.22 Å².